The van der Waals surface area contributed by atoms with Crippen LogP contribution in [0.15, 0.2) is 27.8 Å². The molecule has 0 unspecified atom stereocenters. The molecule has 0 bridgehead atoms. The molecule has 0 spiro atoms. The lowest BCUT2D eigenvalue weighted by Crippen LogP contribution is -2.21. The third-order valence-electron chi connectivity index (χ3n) is 1.65. The van der Waals surface area contributed by atoms with Crippen molar-refractivity contribution in [2.45, 2.75) is 6.92 Å². The average Bonchev–Trinajstić information content (AvgIpc) is 2.19. The van der Waals surface area contributed by atoms with Gasteiger partial charge in [-0.1, -0.05) is 27.2 Å². The first kappa shape index (κ1) is 10.8. The average molecular weight is 259 g/mol. The smallest absolute Gasteiger partial charge is 0.177 e. The van der Waals surface area contributed by atoms with Crippen LogP contribution in [0.4, 0.5) is 0 Å². The second kappa shape index (κ2) is 4.85. The highest BCUT2D eigenvalue weighted by Crippen LogP contribution is 2.22. The minimum absolute atomic E-state index is 0.0457. The topological polar surface area (TPSA) is 67.8 Å². The molecule has 76 valence electrons. The van der Waals surface area contributed by atoms with Gasteiger partial charge in [0.25, 0.3) is 0 Å². The van der Waals surface area contributed by atoms with Gasteiger partial charge in [0.05, 0.1) is 0 Å². The van der Waals surface area contributed by atoms with Crippen molar-refractivity contribution >= 4 is 21.8 Å². The van der Waals surface area contributed by atoms with Gasteiger partial charge in [-0.15, -0.1) is 0 Å². The van der Waals surface area contributed by atoms with Crippen molar-refractivity contribution in [2.24, 2.45) is 10.9 Å². The summed E-state index contributed by atoms with van der Waals surface area (Å²) in [4.78, 5) is 0. The van der Waals surface area contributed by atoms with Crippen LogP contribution in [0.25, 0.3) is 0 Å². The molecule has 0 fully saturated rings. The fourth-order valence-corrected chi connectivity index (χ4v) is 1.25. The molecular formula is C9H11BrN2O2. The summed E-state index contributed by atoms with van der Waals surface area (Å²) in [5.41, 5.74) is 6.27. The number of amidine groups is 1. The van der Waals surface area contributed by atoms with E-state index in [-0.39, 0.29) is 12.4 Å². The molecule has 0 aromatic heterocycles. The molecule has 0 aliphatic heterocycles. The summed E-state index contributed by atoms with van der Waals surface area (Å²) in [6.45, 7) is 2.00. The SMILES string of the molecule is Cc1ccc(Br)cc1OC/C(N)=N/O. The van der Waals surface area contributed by atoms with E-state index in [0.29, 0.717) is 5.75 Å². The van der Waals surface area contributed by atoms with Gasteiger partial charge >= 0.3 is 0 Å². The summed E-state index contributed by atoms with van der Waals surface area (Å²) in [6, 6.07) is 5.68. The molecule has 0 radical (unpaired) electrons. The first-order valence-corrected chi connectivity index (χ1v) is 4.78. The Morgan fingerprint density at radius 3 is 3.00 bits per heavy atom. The number of oxime groups is 1. The maximum atomic E-state index is 8.31. The first-order valence-electron chi connectivity index (χ1n) is 3.99. The van der Waals surface area contributed by atoms with Gasteiger partial charge in [0.2, 0.25) is 0 Å². The van der Waals surface area contributed by atoms with Crippen LogP contribution >= 0.6 is 15.9 Å². The number of hydrogen-bond acceptors (Lipinski definition) is 3. The van der Waals surface area contributed by atoms with Crippen molar-refractivity contribution in [3.8, 4) is 5.75 Å². The van der Waals surface area contributed by atoms with E-state index in [1.54, 1.807) is 0 Å². The molecule has 1 aromatic carbocycles. The van der Waals surface area contributed by atoms with E-state index in [2.05, 4.69) is 21.1 Å². The van der Waals surface area contributed by atoms with E-state index in [1.165, 1.54) is 0 Å². The predicted octanol–water partition coefficient (Wildman–Crippen LogP) is 1.88. The Hall–Kier alpha value is -1.23. The lowest BCUT2D eigenvalue weighted by Gasteiger charge is -2.08. The molecule has 0 saturated carbocycles. The summed E-state index contributed by atoms with van der Waals surface area (Å²) in [5, 5.41) is 11.1. The molecule has 0 saturated heterocycles. The first-order chi connectivity index (χ1) is 6.63. The van der Waals surface area contributed by atoms with Crippen LogP contribution in [0.3, 0.4) is 0 Å². The lowest BCUT2D eigenvalue weighted by atomic mass is 10.2. The zero-order valence-electron chi connectivity index (χ0n) is 7.70. The number of hydrogen-bond donors (Lipinski definition) is 2. The van der Waals surface area contributed by atoms with Crippen molar-refractivity contribution in [1.82, 2.24) is 0 Å². The number of benzene rings is 1. The molecular weight excluding hydrogens is 248 g/mol. The molecule has 4 nitrogen and oxygen atoms in total. The van der Waals surface area contributed by atoms with E-state index in [4.69, 9.17) is 15.7 Å². The molecule has 0 aliphatic carbocycles. The van der Waals surface area contributed by atoms with Gasteiger partial charge in [-0.3, -0.25) is 0 Å². The lowest BCUT2D eigenvalue weighted by molar-refractivity contribution is 0.306. The molecule has 1 aromatic rings. The Morgan fingerprint density at radius 1 is 1.64 bits per heavy atom. The summed E-state index contributed by atoms with van der Waals surface area (Å²) in [7, 11) is 0. The van der Waals surface area contributed by atoms with Crippen LogP contribution in [-0.2, 0) is 0 Å². The number of aryl methyl sites for hydroxylation is 1. The van der Waals surface area contributed by atoms with Gasteiger partial charge in [0.1, 0.15) is 12.4 Å². The fourth-order valence-electron chi connectivity index (χ4n) is 0.910. The fraction of sp³-hybridized carbons (Fsp3) is 0.222. The quantitative estimate of drug-likeness (QED) is 0.377. The van der Waals surface area contributed by atoms with Crippen LogP contribution in [0.1, 0.15) is 5.56 Å². The van der Waals surface area contributed by atoms with Crippen LogP contribution in [-0.4, -0.2) is 17.6 Å². The molecule has 3 N–H and O–H groups in total. The number of ether oxygens (including phenoxy) is 1. The Labute approximate surface area is 90.5 Å². The van der Waals surface area contributed by atoms with Crippen LogP contribution in [0.2, 0.25) is 0 Å². The molecule has 0 aliphatic rings. The summed E-state index contributed by atoms with van der Waals surface area (Å²) >= 11 is 3.33. The molecule has 14 heavy (non-hydrogen) atoms. The van der Waals surface area contributed by atoms with Gasteiger partial charge in [-0.05, 0) is 24.6 Å². The zero-order valence-corrected chi connectivity index (χ0v) is 9.28. The molecule has 0 amide bonds. The Kier molecular flexibility index (Phi) is 3.76. The van der Waals surface area contributed by atoms with Crippen LogP contribution < -0.4 is 10.5 Å². The standard InChI is InChI=1S/C9H11BrN2O2/c1-6-2-3-7(10)4-8(6)14-5-9(11)12-13/h2-4,13H,5H2,1H3,(H2,11,12). The van der Waals surface area contributed by atoms with Crippen molar-refractivity contribution in [3.63, 3.8) is 0 Å². The molecule has 0 atom stereocenters. The molecule has 1 rings (SSSR count). The number of rotatable bonds is 3. The van der Waals surface area contributed by atoms with Crippen LogP contribution in [0, 0.1) is 6.92 Å². The maximum absolute atomic E-state index is 8.31. The van der Waals surface area contributed by atoms with Crippen molar-refractivity contribution in [2.75, 3.05) is 6.61 Å². The van der Waals surface area contributed by atoms with Crippen molar-refractivity contribution in [1.29, 1.82) is 0 Å². The highest BCUT2D eigenvalue weighted by molar-refractivity contribution is 9.10. The van der Waals surface area contributed by atoms with Gasteiger partial charge in [0.15, 0.2) is 5.84 Å². The molecule has 5 heteroatoms. The highest BCUT2D eigenvalue weighted by atomic mass is 79.9. The van der Waals surface area contributed by atoms with Gasteiger partial charge in [-0.25, -0.2) is 0 Å². The van der Waals surface area contributed by atoms with E-state index < -0.39 is 0 Å². The Morgan fingerprint density at radius 2 is 2.36 bits per heavy atom. The third-order valence-corrected chi connectivity index (χ3v) is 2.15. The molecule has 0 heterocycles. The van der Waals surface area contributed by atoms with Crippen LogP contribution in [0.5, 0.6) is 5.75 Å². The van der Waals surface area contributed by atoms with E-state index in [9.17, 15) is 0 Å². The zero-order chi connectivity index (χ0) is 10.6. The highest BCUT2D eigenvalue weighted by Gasteiger charge is 2.01. The van der Waals surface area contributed by atoms with E-state index in [1.807, 2.05) is 25.1 Å². The number of nitrogens with two attached hydrogens (primary N) is 1. The van der Waals surface area contributed by atoms with Crippen molar-refractivity contribution in [3.05, 3.63) is 28.2 Å². The third kappa shape index (κ3) is 2.92. The monoisotopic (exact) mass is 258 g/mol. The largest absolute Gasteiger partial charge is 0.485 e. The van der Waals surface area contributed by atoms with Gasteiger partial charge in [0, 0.05) is 4.47 Å². The summed E-state index contributed by atoms with van der Waals surface area (Å²) in [6.07, 6.45) is 0. The normalized spacial score (nSPS) is 11.4. The van der Waals surface area contributed by atoms with E-state index in [0.717, 1.165) is 10.0 Å². The Balaban J connectivity index is 2.71. The Bertz CT molecular complexity index is 353. The van der Waals surface area contributed by atoms with Gasteiger partial charge < -0.3 is 15.7 Å². The number of halogens is 1. The van der Waals surface area contributed by atoms with Gasteiger partial charge in [-0.2, -0.15) is 0 Å². The maximum Gasteiger partial charge on any atom is 0.177 e. The summed E-state index contributed by atoms with van der Waals surface area (Å²) < 4.78 is 6.25. The minimum atomic E-state index is 0.0457. The van der Waals surface area contributed by atoms with Crippen molar-refractivity contribution < 1.29 is 9.94 Å². The second-order valence-electron chi connectivity index (χ2n) is 2.79. The predicted molar refractivity (Wildman–Crippen MR) is 57.8 cm³/mol. The summed E-state index contributed by atoms with van der Waals surface area (Å²) in [5.74, 6) is 0.760. The van der Waals surface area contributed by atoms with E-state index >= 15 is 0 Å². The second-order valence-corrected chi connectivity index (χ2v) is 3.71. The minimum Gasteiger partial charge on any atom is -0.485 e. The number of nitrogens with zero attached hydrogens (tertiary/aromatic N) is 1.